The summed E-state index contributed by atoms with van der Waals surface area (Å²) in [4.78, 5) is 11.5. The van der Waals surface area contributed by atoms with E-state index in [0.29, 0.717) is 11.8 Å². The van der Waals surface area contributed by atoms with Crippen LogP contribution in [0.1, 0.15) is 32.6 Å². The van der Waals surface area contributed by atoms with Gasteiger partial charge in [0.05, 0.1) is 5.41 Å². The van der Waals surface area contributed by atoms with Gasteiger partial charge in [-0.3, -0.25) is 4.79 Å². The number of amides is 1. The maximum Gasteiger partial charge on any atom is 0.224 e. The summed E-state index contributed by atoms with van der Waals surface area (Å²) in [6.07, 6.45) is 8.63. The van der Waals surface area contributed by atoms with Crippen molar-refractivity contribution >= 4 is 5.91 Å². The molecule has 72 valence electrons. The molecule has 1 fully saturated rings. The number of nitrogens with two attached hydrogens (primary N) is 1. The first-order chi connectivity index (χ1) is 6.19. The summed E-state index contributed by atoms with van der Waals surface area (Å²) in [5, 5.41) is 0. The monoisotopic (exact) mass is 179 g/mol. The zero-order valence-electron chi connectivity index (χ0n) is 8.12. The van der Waals surface area contributed by atoms with Crippen molar-refractivity contribution in [3.63, 3.8) is 0 Å². The molecule has 0 saturated heterocycles. The Kier molecular flexibility index (Phi) is 1.94. The predicted octanol–water partition coefficient (Wildman–Crippen LogP) is 1.85. The van der Waals surface area contributed by atoms with Crippen LogP contribution < -0.4 is 5.73 Å². The molecule has 2 heteroatoms. The molecular weight excluding hydrogens is 162 g/mol. The van der Waals surface area contributed by atoms with Crippen LogP contribution >= 0.6 is 0 Å². The Balaban J connectivity index is 2.25. The number of rotatable bonds is 3. The fourth-order valence-electron chi connectivity index (χ4n) is 3.10. The van der Waals surface area contributed by atoms with E-state index in [1.54, 1.807) is 0 Å². The molecule has 3 atom stereocenters. The number of allylic oxidation sites excluding steroid dienone is 2. The summed E-state index contributed by atoms with van der Waals surface area (Å²) in [7, 11) is 0. The third kappa shape index (κ3) is 1.11. The summed E-state index contributed by atoms with van der Waals surface area (Å²) in [6.45, 7) is 2.13. The second-order valence-electron chi connectivity index (χ2n) is 4.46. The molecule has 2 aliphatic carbocycles. The van der Waals surface area contributed by atoms with Crippen LogP contribution in [-0.2, 0) is 4.79 Å². The first-order valence-electron chi connectivity index (χ1n) is 5.17. The van der Waals surface area contributed by atoms with Gasteiger partial charge >= 0.3 is 0 Å². The first-order valence-corrected chi connectivity index (χ1v) is 5.17. The van der Waals surface area contributed by atoms with Gasteiger partial charge in [0.1, 0.15) is 0 Å². The Bertz CT molecular complexity index is 259. The molecule has 0 heterocycles. The Morgan fingerprint density at radius 2 is 2.38 bits per heavy atom. The number of fused-ring (bicyclic) bond motifs is 2. The number of carbonyl (C=O) groups excluding carboxylic acids is 1. The molecule has 0 aromatic rings. The van der Waals surface area contributed by atoms with Crippen LogP contribution in [0.2, 0.25) is 0 Å². The maximum atomic E-state index is 11.5. The highest BCUT2D eigenvalue weighted by molar-refractivity contribution is 5.82. The smallest absolute Gasteiger partial charge is 0.224 e. The van der Waals surface area contributed by atoms with E-state index in [1.807, 2.05) is 0 Å². The van der Waals surface area contributed by atoms with Crippen molar-refractivity contribution < 1.29 is 4.79 Å². The van der Waals surface area contributed by atoms with Gasteiger partial charge in [0.2, 0.25) is 5.91 Å². The molecule has 1 amide bonds. The van der Waals surface area contributed by atoms with E-state index in [4.69, 9.17) is 5.73 Å². The molecule has 0 aliphatic heterocycles. The summed E-state index contributed by atoms with van der Waals surface area (Å²) in [5.41, 5.74) is 5.35. The molecule has 2 N–H and O–H groups in total. The minimum Gasteiger partial charge on any atom is -0.369 e. The van der Waals surface area contributed by atoms with Crippen LogP contribution in [0.25, 0.3) is 0 Å². The molecule has 0 spiro atoms. The molecule has 2 rings (SSSR count). The van der Waals surface area contributed by atoms with Gasteiger partial charge in [-0.15, -0.1) is 0 Å². The zero-order chi connectivity index (χ0) is 9.47. The summed E-state index contributed by atoms with van der Waals surface area (Å²) in [5.74, 6) is 0.991. The average Bonchev–Trinajstić information content (AvgIpc) is 2.64. The van der Waals surface area contributed by atoms with E-state index >= 15 is 0 Å². The van der Waals surface area contributed by atoms with Gasteiger partial charge in [-0.2, -0.15) is 0 Å². The molecule has 3 unspecified atom stereocenters. The van der Waals surface area contributed by atoms with Crippen molar-refractivity contribution in [1.82, 2.24) is 0 Å². The molecule has 2 aliphatic rings. The molecule has 0 radical (unpaired) electrons. The van der Waals surface area contributed by atoms with Crippen LogP contribution in [0.5, 0.6) is 0 Å². The summed E-state index contributed by atoms with van der Waals surface area (Å²) < 4.78 is 0. The fraction of sp³-hybridized carbons (Fsp3) is 0.727. The van der Waals surface area contributed by atoms with E-state index in [2.05, 4.69) is 19.1 Å². The van der Waals surface area contributed by atoms with Crippen LogP contribution in [-0.4, -0.2) is 5.91 Å². The lowest BCUT2D eigenvalue weighted by molar-refractivity contribution is -0.129. The van der Waals surface area contributed by atoms with Gasteiger partial charge in [-0.25, -0.2) is 0 Å². The van der Waals surface area contributed by atoms with Gasteiger partial charge in [0, 0.05) is 0 Å². The normalized spacial score (nSPS) is 41.3. The van der Waals surface area contributed by atoms with Crippen LogP contribution in [0.4, 0.5) is 0 Å². The second kappa shape index (κ2) is 2.86. The van der Waals surface area contributed by atoms with E-state index in [9.17, 15) is 4.79 Å². The van der Waals surface area contributed by atoms with E-state index in [-0.39, 0.29) is 11.3 Å². The number of carbonyl (C=O) groups is 1. The van der Waals surface area contributed by atoms with Gasteiger partial charge < -0.3 is 5.73 Å². The highest BCUT2D eigenvalue weighted by Gasteiger charge is 2.51. The van der Waals surface area contributed by atoms with Gasteiger partial charge in [-0.05, 0) is 31.1 Å². The minimum atomic E-state index is -0.186. The molecule has 0 aromatic carbocycles. The first kappa shape index (κ1) is 8.79. The van der Waals surface area contributed by atoms with Crippen molar-refractivity contribution in [3.8, 4) is 0 Å². The van der Waals surface area contributed by atoms with E-state index in [1.165, 1.54) is 0 Å². The highest BCUT2D eigenvalue weighted by Crippen LogP contribution is 2.54. The maximum absolute atomic E-state index is 11.5. The van der Waals surface area contributed by atoms with Gasteiger partial charge in [0.25, 0.3) is 0 Å². The van der Waals surface area contributed by atoms with Crippen LogP contribution in [0, 0.1) is 17.3 Å². The Morgan fingerprint density at radius 1 is 1.62 bits per heavy atom. The molecule has 2 bridgehead atoms. The highest BCUT2D eigenvalue weighted by atomic mass is 16.1. The summed E-state index contributed by atoms with van der Waals surface area (Å²) >= 11 is 0. The van der Waals surface area contributed by atoms with Gasteiger partial charge in [0.15, 0.2) is 0 Å². The molecular formula is C11H17NO. The van der Waals surface area contributed by atoms with Crippen molar-refractivity contribution in [3.05, 3.63) is 12.2 Å². The Morgan fingerprint density at radius 3 is 2.77 bits per heavy atom. The summed E-state index contributed by atoms with van der Waals surface area (Å²) in [6, 6.07) is 0. The second-order valence-corrected chi connectivity index (χ2v) is 4.46. The molecule has 0 aromatic heterocycles. The van der Waals surface area contributed by atoms with Crippen molar-refractivity contribution in [2.75, 3.05) is 0 Å². The van der Waals surface area contributed by atoms with Crippen molar-refractivity contribution in [2.45, 2.75) is 32.6 Å². The van der Waals surface area contributed by atoms with E-state index < -0.39 is 0 Å². The van der Waals surface area contributed by atoms with Crippen molar-refractivity contribution in [1.29, 1.82) is 0 Å². The minimum absolute atomic E-state index is 0.0776. The molecule has 13 heavy (non-hydrogen) atoms. The third-order valence-electron chi connectivity index (χ3n) is 3.70. The third-order valence-corrected chi connectivity index (χ3v) is 3.70. The topological polar surface area (TPSA) is 43.1 Å². The van der Waals surface area contributed by atoms with Crippen molar-refractivity contribution in [2.24, 2.45) is 23.0 Å². The van der Waals surface area contributed by atoms with Crippen LogP contribution in [0.3, 0.4) is 0 Å². The van der Waals surface area contributed by atoms with E-state index in [0.717, 1.165) is 25.7 Å². The lowest BCUT2D eigenvalue weighted by Gasteiger charge is -2.31. The lowest BCUT2D eigenvalue weighted by atomic mass is 9.72. The predicted molar refractivity (Wildman–Crippen MR) is 51.9 cm³/mol. The number of hydrogen-bond acceptors (Lipinski definition) is 1. The number of hydrogen-bond donors (Lipinski definition) is 1. The Hall–Kier alpha value is -0.790. The quantitative estimate of drug-likeness (QED) is 0.660. The van der Waals surface area contributed by atoms with Crippen LogP contribution in [0.15, 0.2) is 12.2 Å². The lowest BCUT2D eigenvalue weighted by Crippen LogP contribution is -2.40. The standard InChI is InChI=1S/C11H17NO/c1-2-5-11(10(12)13)7-8-3-4-9(11)6-8/h3-4,8-9H,2,5-7H2,1H3,(H2,12,13). The largest absolute Gasteiger partial charge is 0.369 e. The number of primary amides is 1. The fourth-order valence-corrected chi connectivity index (χ4v) is 3.10. The SMILES string of the molecule is CCCC1(C(N)=O)CC2C=CC1C2. The Labute approximate surface area is 79.2 Å². The molecule has 2 nitrogen and oxygen atoms in total. The zero-order valence-corrected chi connectivity index (χ0v) is 8.12. The average molecular weight is 179 g/mol. The molecule has 1 saturated carbocycles. The van der Waals surface area contributed by atoms with Gasteiger partial charge in [-0.1, -0.05) is 25.5 Å².